The molecule has 0 unspecified atom stereocenters. The topological polar surface area (TPSA) is 71.4 Å². The Labute approximate surface area is 198 Å². The lowest BCUT2D eigenvalue weighted by Crippen LogP contribution is -2.23. The molecular formula is C26H25ClN6. The third-order valence-corrected chi connectivity index (χ3v) is 6.34. The van der Waals surface area contributed by atoms with Gasteiger partial charge in [-0.2, -0.15) is 5.10 Å². The lowest BCUT2D eigenvalue weighted by atomic mass is 10.0. The van der Waals surface area contributed by atoms with Crippen LogP contribution in [0.3, 0.4) is 0 Å². The molecule has 0 fully saturated rings. The molecule has 5 aromatic rings. The van der Waals surface area contributed by atoms with E-state index in [0.29, 0.717) is 0 Å². The zero-order valence-electron chi connectivity index (χ0n) is 18.4. The lowest BCUT2D eigenvalue weighted by molar-refractivity contribution is 0.642. The molecule has 0 saturated heterocycles. The average molecular weight is 457 g/mol. The van der Waals surface area contributed by atoms with Crippen LogP contribution in [-0.4, -0.2) is 31.7 Å². The van der Waals surface area contributed by atoms with Crippen molar-refractivity contribution in [3.63, 3.8) is 0 Å². The fourth-order valence-electron chi connectivity index (χ4n) is 4.43. The molecule has 2 N–H and O–H groups in total. The molecule has 0 radical (unpaired) electrons. The first kappa shape index (κ1) is 21.4. The first-order valence-electron chi connectivity index (χ1n) is 11.1. The standard InChI is InChI=1S/C26H24N6.ClH/c1-2-17-3-5-18(6-4-17)20-8-10-24-23(14-20)26(30-28-24)25-16-32(31-29-25)22-9-7-19-11-12-27-15-21(19)13-22;/h3-10,13-14,16,27H,2,11-12,15H2,1H3,(H,28,30);1H. The largest absolute Gasteiger partial charge is 0.312 e. The maximum atomic E-state index is 4.55. The predicted octanol–water partition coefficient (Wildman–Crippen LogP) is 5.11. The van der Waals surface area contributed by atoms with E-state index in [-0.39, 0.29) is 12.4 Å². The maximum Gasteiger partial charge on any atom is 0.134 e. The SMILES string of the molecule is CCc1ccc(-c2ccc3[nH]nc(-c4cn(-c5ccc6c(c5)CNCC6)nn4)c3c2)cc1.Cl. The Morgan fingerprint density at radius 1 is 0.939 bits per heavy atom. The van der Waals surface area contributed by atoms with E-state index >= 15 is 0 Å². The molecule has 2 aromatic heterocycles. The molecule has 6 nitrogen and oxygen atoms in total. The Morgan fingerprint density at radius 3 is 2.64 bits per heavy atom. The summed E-state index contributed by atoms with van der Waals surface area (Å²) in [5.74, 6) is 0. The molecule has 0 bridgehead atoms. The van der Waals surface area contributed by atoms with E-state index in [9.17, 15) is 0 Å². The molecule has 1 aliphatic rings. The molecule has 33 heavy (non-hydrogen) atoms. The van der Waals surface area contributed by atoms with E-state index in [0.717, 1.165) is 59.5 Å². The number of halogens is 1. The van der Waals surface area contributed by atoms with Crippen LogP contribution in [0.4, 0.5) is 0 Å². The van der Waals surface area contributed by atoms with E-state index in [1.165, 1.54) is 22.3 Å². The van der Waals surface area contributed by atoms with Gasteiger partial charge in [0.1, 0.15) is 11.4 Å². The number of H-pyrrole nitrogens is 1. The van der Waals surface area contributed by atoms with Crippen molar-refractivity contribution < 1.29 is 0 Å². The second-order valence-corrected chi connectivity index (χ2v) is 8.31. The molecule has 0 aliphatic carbocycles. The molecule has 0 saturated carbocycles. The monoisotopic (exact) mass is 456 g/mol. The van der Waals surface area contributed by atoms with Gasteiger partial charge in [-0.25, -0.2) is 4.68 Å². The van der Waals surface area contributed by atoms with Gasteiger partial charge >= 0.3 is 0 Å². The number of nitrogens with zero attached hydrogens (tertiary/aromatic N) is 4. The Balaban J connectivity index is 0.00000228. The number of benzene rings is 3. The fraction of sp³-hybridized carbons (Fsp3) is 0.192. The second-order valence-electron chi connectivity index (χ2n) is 8.31. The maximum absolute atomic E-state index is 4.55. The van der Waals surface area contributed by atoms with Crippen molar-refractivity contribution in [2.24, 2.45) is 0 Å². The Morgan fingerprint density at radius 2 is 1.79 bits per heavy atom. The highest BCUT2D eigenvalue weighted by atomic mass is 35.5. The zero-order chi connectivity index (χ0) is 21.5. The van der Waals surface area contributed by atoms with Gasteiger partial charge in [0.15, 0.2) is 0 Å². The minimum atomic E-state index is 0. The summed E-state index contributed by atoms with van der Waals surface area (Å²) in [5, 5.41) is 21.0. The Bertz CT molecular complexity index is 1420. The number of rotatable bonds is 4. The smallest absolute Gasteiger partial charge is 0.134 e. The summed E-state index contributed by atoms with van der Waals surface area (Å²) in [7, 11) is 0. The van der Waals surface area contributed by atoms with Crippen LogP contribution in [0, 0.1) is 0 Å². The molecule has 0 atom stereocenters. The van der Waals surface area contributed by atoms with Crippen LogP contribution in [0.5, 0.6) is 0 Å². The molecule has 7 heteroatoms. The van der Waals surface area contributed by atoms with Gasteiger partial charge in [0, 0.05) is 11.9 Å². The van der Waals surface area contributed by atoms with Crippen molar-refractivity contribution in [2.45, 2.75) is 26.3 Å². The number of hydrogen-bond donors (Lipinski definition) is 2. The van der Waals surface area contributed by atoms with Crippen LogP contribution in [0.15, 0.2) is 66.9 Å². The lowest BCUT2D eigenvalue weighted by Gasteiger charge is -2.17. The van der Waals surface area contributed by atoms with Crippen LogP contribution >= 0.6 is 12.4 Å². The summed E-state index contributed by atoms with van der Waals surface area (Å²) in [6, 6.07) is 21.6. The summed E-state index contributed by atoms with van der Waals surface area (Å²) in [6.45, 7) is 4.11. The normalized spacial score (nSPS) is 13.0. The Hall–Kier alpha value is -3.48. The van der Waals surface area contributed by atoms with Crippen LogP contribution in [0.2, 0.25) is 0 Å². The van der Waals surface area contributed by atoms with Crippen molar-refractivity contribution in [3.05, 3.63) is 83.6 Å². The number of fused-ring (bicyclic) bond motifs is 2. The van der Waals surface area contributed by atoms with Crippen molar-refractivity contribution in [3.8, 4) is 28.2 Å². The molecule has 0 spiro atoms. The van der Waals surface area contributed by atoms with Gasteiger partial charge < -0.3 is 5.32 Å². The van der Waals surface area contributed by atoms with Gasteiger partial charge in [-0.1, -0.05) is 48.5 Å². The summed E-state index contributed by atoms with van der Waals surface area (Å²) >= 11 is 0. The highest BCUT2D eigenvalue weighted by molar-refractivity contribution is 5.94. The first-order valence-corrected chi connectivity index (χ1v) is 11.1. The van der Waals surface area contributed by atoms with Crippen molar-refractivity contribution in [2.75, 3.05) is 6.54 Å². The molecule has 3 heterocycles. The van der Waals surface area contributed by atoms with Crippen LogP contribution in [0.25, 0.3) is 39.1 Å². The van der Waals surface area contributed by atoms with Crippen molar-refractivity contribution in [1.82, 2.24) is 30.5 Å². The van der Waals surface area contributed by atoms with E-state index in [4.69, 9.17) is 0 Å². The van der Waals surface area contributed by atoms with Crippen LogP contribution in [-0.2, 0) is 19.4 Å². The summed E-state index contributed by atoms with van der Waals surface area (Å²) in [4.78, 5) is 0. The predicted molar refractivity (Wildman–Crippen MR) is 134 cm³/mol. The van der Waals surface area contributed by atoms with Gasteiger partial charge in [0.25, 0.3) is 0 Å². The highest BCUT2D eigenvalue weighted by Gasteiger charge is 2.15. The summed E-state index contributed by atoms with van der Waals surface area (Å²) < 4.78 is 1.83. The minimum absolute atomic E-state index is 0. The number of nitrogens with one attached hydrogen (secondary N) is 2. The van der Waals surface area contributed by atoms with Gasteiger partial charge in [-0.15, -0.1) is 17.5 Å². The molecule has 3 aromatic carbocycles. The third-order valence-electron chi connectivity index (χ3n) is 6.34. The van der Waals surface area contributed by atoms with Crippen molar-refractivity contribution >= 4 is 23.3 Å². The van der Waals surface area contributed by atoms with Crippen LogP contribution in [0.1, 0.15) is 23.6 Å². The van der Waals surface area contributed by atoms with Gasteiger partial charge in [0.2, 0.25) is 0 Å². The van der Waals surface area contributed by atoms with Crippen molar-refractivity contribution in [1.29, 1.82) is 0 Å². The van der Waals surface area contributed by atoms with E-state index in [2.05, 4.69) is 93.4 Å². The second kappa shape index (κ2) is 8.81. The molecular weight excluding hydrogens is 432 g/mol. The third kappa shape index (κ3) is 3.92. The van der Waals surface area contributed by atoms with Gasteiger partial charge in [-0.05, 0) is 71.5 Å². The quantitative estimate of drug-likeness (QED) is 0.394. The minimum Gasteiger partial charge on any atom is -0.312 e. The molecule has 0 amide bonds. The van der Waals surface area contributed by atoms with E-state index in [1.807, 2.05) is 10.9 Å². The number of hydrogen-bond acceptors (Lipinski definition) is 4. The van der Waals surface area contributed by atoms with E-state index in [1.54, 1.807) is 0 Å². The average Bonchev–Trinajstić information content (AvgIpc) is 3.50. The molecule has 166 valence electrons. The number of aryl methyl sites for hydroxylation is 1. The fourth-order valence-corrected chi connectivity index (χ4v) is 4.43. The molecule has 6 rings (SSSR count). The summed E-state index contributed by atoms with van der Waals surface area (Å²) in [6.07, 6.45) is 4.07. The molecule has 1 aliphatic heterocycles. The number of aromatic amines is 1. The summed E-state index contributed by atoms with van der Waals surface area (Å²) in [5.41, 5.74) is 10.0. The van der Waals surface area contributed by atoms with Crippen LogP contribution < -0.4 is 5.32 Å². The Kier molecular flexibility index (Phi) is 5.70. The van der Waals surface area contributed by atoms with Gasteiger partial charge in [0.05, 0.1) is 17.4 Å². The zero-order valence-corrected chi connectivity index (χ0v) is 19.2. The highest BCUT2D eigenvalue weighted by Crippen LogP contribution is 2.30. The first-order chi connectivity index (χ1) is 15.8. The van der Waals surface area contributed by atoms with Gasteiger partial charge in [-0.3, -0.25) is 5.10 Å². The van der Waals surface area contributed by atoms with E-state index < -0.39 is 0 Å². The number of aromatic nitrogens is 5.